The monoisotopic (exact) mass is 378 g/mol. The van der Waals surface area contributed by atoms with Gasteiger partial charge in [0.05, 0.1) is 12.6 Å². The van der Waals surface area contributed by atoms with Crippen molar-refractivity contribution >= 4 is 17.9 Å². The van der Waals surface area contributed by atoms with E-state index in [4.69, 9.17) is 4.74 Å². The van der Waals surface area contributed by atoms with Gasteiger partial charge in [-0.2, -0.15) is 4.39 Å². The number of likely N-dealkylation sites (tertiary alicyclic amines) is 1. The van der Waals surface area contributed by atoms with E-state index in [9.17, 15) is 18.8 Å². The summed E-state index contributed by atoms with van der Waals surface area (Å²) < 4.78 is 19.3. The predicted molar refractivity (Wildman–Crippen MR) is 93.1 cm³/mol. The summed E-state index contributed by atoms with van der Waals surface area (Å²) in [5.41, 5.74) is 0.411. The molecule has 0 radical (unpaired) electrons. The van der Waals surface area contributed by atoms with Gasteiger partial charge in [0, 0.05) is 44.7 Å². The number of likely N-dealkylation sites (N-methyl/N-ethyl adjacent to an activating group) is 1. The molecule has 9 heteroatoms. The first-order chi connectivity index (χ1) is 12.7. The van der Waals surface area contributed by atoms with E-state index in [2.05, 4.69) is 10.3 Å². The standard InChI is InChI=1S/C18H23FN4O4/c1-11-8-13(14(19)20-9-11)12(2)21-15(24)16(25)23-6-4-18(5-7-23)10-22(3)17(26)27-18/h8-9,12H,4-7,10H2,1-3H3,(H,21,24). The topological polar surface area (TPSA) is 91.8 Å². The number of carbonyl (C=O) groups excluding carboxylic acids is 3. The van der Waals surface area contributed by atoms with Crippen LogP contribution in [-0.2, 0) is 14.3 Å². The average molecular weight is 378 g/mol. The third-order valence-corrected chi connectivity index (χ3v) is 5.11. The number of rotatable bonds is 2. The number of amides is 3. The molecule has 3 amide bonds. The number of nitrogens with zero attached hydrogens (tertiary/aromatic N) is 3. The van der Waals surface area contributed by atoms with Crippen LogP contribution in [-0.4, -0.2) is 65.0 Å². The lowest BCUT2D eigenvalue weighted by Gasteiger charge is -2.37. The van der Waals surface area contributed by atoms with Gasteiger partial charge in [0.1, 0.15) is 5.60 Å². The van der Waals surface area contributed by atoms with Crippen LogP contribution in [0.1, 0.15) is 36.9 Å². The van der Waals surface area contributed by atoms with Gasteiger partial charge in [-0.05, 0) is 25.5 Å². The Morgan fingerprint density at radius 2 is 2.04 bits per heavy atom. The van der Waals surface area contributed by atoms with E-state index < -0.39 is 29.4 Å². The van der Waals surface area contributed by atoms with Gasteiger partial charge < -0.3 is 19.9 Å². The van der Waals surface area contributed by atoms with Crippen LogP contribution < -0.4 is 5.32 Å². The Bertz CT molecular complexity index is 777. The molecular formula is C18H23FN4O4. The van der Waals surface area contributed by atoms with Gasteiger partial charge in [0.25, 0.3) is 0 Å². The first-order valence-corrected chi connectivity index (χ1v) is 8.87. The van der Waals surface area contributed by atoms with Crippen molar-refractivity contribution in [3.05, 3.63) is 29.3 Å². The number of aryl methyl sites for hydroxylation is 1. The van der Waals surface area contributed by atoms with Gasteiger partial charge in [-0.15, -0.1) is 0 Å². The highest BCUT2D eigenvalue weighted by atomic mass is 19.1. The van der Waals surface area contributed by atoms with E-state index in [0.717, 1.165) is 5.56 Å². The molecule has 1 spiro atoms. The van der Waals surface area contributed by atoms with Crippen molar-refractivity contribution in [1.29, 1.82) is 0 Å². The Morgan fingerprint density at radius 1 is 1.37 bits per heavy atom. The molecular weight excluding hydrogens is 355 g/mol. The molecule has 3 heterocycles. The summed E-state index contributed by atoms with van der Waals surface area (Å²) >= 11 is 0. The van der Waals surface area contributed by atoms with Gasteiger partial charge in [-0.1, -0.05) is 0 Å². The minimum Gasteiger partial charge on any atom is -0.441 e. The molecule has 146 valence electrons. The summed E-state index contributed by atoms with van der Waals surface area (Å²) in [6.45, 7) is 4.50. The van der Waals surface area contributed by atoms with E-state index in [1.807, 2.05) is 0 Å². The number of hydrogen-bond acceptors (Lipinski definition) is 5. The van der Waals surface area contributed by atoms with Crippen LogP contribution in [0.15, 0.2) is 12.3 Å². The zero-order valence-electron chi connectivity index (χ0n) is 15.6. The SMILES string of the molecule is Cc1cnc(F)c(C(C)NC(=O)C(=O)N2CCC3(CC2)CN(C)C(=O)O3)c1. The molecule has 0 saturated carbocycles. The number of pyridine rings is 1. The largest absolute Gasteiger partial charge is 0.441 e. The highest BCUT2D eigenvalue weighted by molar-refractivity contribution is 6.35. The maximum absolute atomic E-state index is 13.9. The zero-order valence-corrected chi connectivity index (χ0v) is 15.6. The molecule has 1 N–H and O–H groups in total. The van der Waals surface area contributed by atoms with Crippen molar-refractivity contribution in [2.24, 2.45) is 0 Å². The lowest BCUT2D eigenvalue weighted by Crippen LogP contribution is -2.52. The van der Waals surface area contributed by atoms with Gasteiger partial charge in [-0.3, -0.25) is 9.59 Å². The van der Waals surface area contributed by atoms with Crippen molar-refractivity contribution in [3.63, 3.8) is 0 Å². The number of aromatic nitrogens is 1. The summed E-state index contributed by atoms with van der Waals surface area (Å²) in [6.07, 6.45) is 1.99. The third kappa shape index (κ3) is 3.86. The molecule has 8 nitrogen and oxygen atoms in total. The fourth-order valence-corrected chi connectivity index (χ4v) is 3.53. The molecule has 1 aromatic heterocycles. The molecule has 0 bridgehead atoms. The maximum Gasteiger partial charge on any atom is 0.410 e. The molecule has 0 aromatic carbocycles. The van der Waals surface area contributed by atoms with Crippen LogP contribution in [0, 0.1) is 12.9 Å². The van der Waals surface area contributed by atoms with Crippen molar-refractivity contribution < 1.29 is 23.5 Å². The molecule has 2 aliphatic heterocycles. The molecule has 2 saturated heterocycles. The average Bonchev–Trinajstić information content (AvgIpc) is 2.90. The van der Waals surface area contributed by atoms with Gasteiger partial charge in [0.2, 0.25) is 5.95 Å². The van der Waals surface area contributed by atoms with Crippen molar-refractivity contribution in [1.82, 2.24) is 20.1 Å². The van der Waals surface area contributed by atoms with E-state index in [0.29, 0.717) is 32.5 Å². The predicted octanol–water partition coefficient (Wildman–Crippen LogP) is 1.15. The Hall–Kier alpha value is -2.71. The zero-order chi connectivity index (χ0) is 19.8. The summed E-state index contributed by atoms with van der Waals surface area (Å²) in [4.78, 5) is 42.9. The number of nitrogens with one attached hydrogen (secondary N) is 1. The normalized spacial score (nSPS) is 19.8. The number of halogens is 1. The molecule has 3 rings (SSSR count). The molecule has 1 aromatic rings. The third-order valence-electron chi connectivity index (χ3n) is 5.11. The first-order valence-electron chi connectivity index (χ1n) is 8.87. The summed E-state index contributed by atoms with van der Waals surface area (Å²) in [5.74, 6) is -2.14. The minimum atomic E-state index is -0.792. The second-order valence-electron chi connectivity index (χ2n) is 7.29. The van der Waals surface area contributed by atoms with Gasteiger partial charge >= 0.3 is 17.9 Å². The van der Waals surface area contributed by atoms with Crippen LogP contribution in [0.2, 0.25) is 0 Å². The Labute approximate surface area is 156 Å². The quantitative estimate of drug-likeness (QED) is 0.616. The number of ether oxygens (including phenoxy) is 1. The van der Waals surface area contributed by atoms with Crippen molar-refractivity contribution in [2.75, 3.05) is 26.7 Å². The Kier molecular flexibility index (Phi) is 5.03. The van der Waals surface area contributed by atoms with E-state index >= 15 is 0 Å². The maximum atomic E-state index is 13.9. The van der Waals surface area contributed by atoms with E-state index in [-0.39, 0.29) is 11.7 Å². The summed E-state index contributed by atoms with van der Waals surface area (Å²) in [6, 6.07) is 0.905. The summed E-state index contributed by atoms with van der Waals surface area (Å²) in [5, 5.41) is 2.53. The molecule has 2 fully saturated rings. The first kappa shape index (κ1) is 19.1. The van der Waals surface area contributed by atoms with Gasteiger partial charge in [0.15, 0.2) is 0 Å². The van der Waals surface area contributed by atoms with Crippen LogP contribution in [0.25, 0.3) is 0 Å². The fraction of sp³-hybridized carbons (Fsp3) is 0.556. The van der Waals surface area contributed by atoms with E-state index in [1.165, 1.54) is 16.0 Å². The fourth-order valence-electron chi connectivity index (χ4n) is 3.53. The molecule has 1 unspecified atom stereocenters. The van der Waals surface area contributed by atoms with Crippen molar-refractivity contribution in [2.45, 2.75) is 38.3 Å². The summed E-state index contributed by atoms with van der Waals surface area (Å²) in [7, 11) is 1.67. The second-order valence-corrected chi connectivity index (χ2v) is 7.29. The Morgan fingerprint density at radius 3 is 2.63 bits per heavy atom. The molecule has 2 aliphatic rings. The minimum absolute atomic E-state index is 0.231. The smallest absolute Gasteiger partial charge is 0.410 e. The Balaban J connectivity index is 1.58. The number of hydrogen-bond donors (Lipinski definition) is 1. The van der Waals surface area contributed by atoms with Crippen LogP contribution in [0.5, 0.6) is 0 Å². The van der Waals surface area contributed by atoms with Crippen molar-refractivity contribution in [3.8, 4) is 0 Å². The second kappa shape index (κ2) is 7.13. The number of carbonyl (C=O) groups is 3. The molecule has 1 atom stereocenters. The molecule has 0 aliphatic carbocycles. The number of piperidine rings is 1. The van der Waals surface area contributed by atoms with E-state index in [1.54, 1.807) is 27.0 Å². The van der Waals surface area contributed by atoms with Gasteiger partial charge in [-0.25, -0.2) is 9.78 Å². The molecule has 27 heavy (non-hydrogen) atoms. The van der Waals surface area contributed by atoms with Crippen LogP contribution >= 0.6 is 0 Å². The lowest BCUT2D eigenvalue weighted by molar-refractivity contribution is -0.148. The lowest BCUT2D eigenvalue weighted by atomic mass is 9.91. The highest BCUT2D eigenvalue weighted by Gasteiger charge is 2.46. The highest BCUT2D eigenvalue weighted by Crippen LogP contribution is 2.32. The van der Waals surface area contributed by atoms with Crippen LogP contribution in [0.3, 0.4) is 0 Å². The van der Waals surface area contributed by atoms with Crippen LogP contribution in [0.4, 0.5) is 9.18 Å².